The lowest BCUT2D eigenvalue weighted by molar-refractivity contribution is 0.722. The molecule has 0 radical (unpaired) electrons. The van der Waals surface area contributed by atoms with Crippen molar-refractivity contribution in [1.29, 1.82) is 0 Å². The molecule has 0 spiro atoms. The van der Waals surface area contributed by atoms with E-state index in [2.05, 4.69) is 17.0 Å². The molecule has 0 unspecified atom stereocenters. The molecule has 0 aliphatic heterocycles. The fraction of sp³-hybridized carbons (Fsp3) is 0.333. The highest BCUT2D eigenvalue weighted by atomic mass is 35.5. The van der Waals surface area contributed by atoms with Crippen LogP contribution in [0.1, 0.15) is 17.5 Å². The van der Waals surface area contributed by atoms with Crippen molar-refractivity contribution in [2.75, 3.05) is 5.73 Å². The summed E-state index contributed by atoms with van der Waals surface area (Å²) >= 11 is 7.51. The molecule has 0 bridgehead atoms. The molecule has 0 saturated heterocycles. The first kappa shape index (κ1) is 12.5. The van der Waals surface area contributed by atoms with Crippen LogP contribution in [-0.4, -0.2) is 19.3 Å². The minimum absolute atomic E-state index is 0.516. The number of nitrogens with zero attached hydrogens (tertiary/aromatic N) is 4. The quantitative estimate of drug-likeness (QED) is 0.808. The molecule has 3 heterocycles. The summed E-state index contributed by atoms with van der Waals surface area (Å²) in [6.07, 6.45) is 0.846. The highest BCUT2D eigenvalue weighted by molar-refractivity contribution is 7.16. The Labute approximate surface area is 119 Å². The molecule has 0 aliphatic rings. The van der Waals surface area contributed by atoms with E-state index in [9.17, 15) is 0 Å². The number of hydrogen-bond acceptors (Lipinski definition) is 4. The topological polar surface area (TPSA) is 61.7 Å². The summed E-state index contributed by atoms with van der Waals surface area (Å²) < 4.78 is 4.60. The third kappa shape index (κ3) is 2.01. The van der Waals surface area contributed by atoms with Gasteiger partial charge in [-0.05, 0) is 18.6 Å². The van der Waals surface area contributed by atoms with Crippen LogP contribution in [0.3, 0.4) is 0 Å². The molecule has 3 aromatic heterocycles. The number of aryl methyl sites for hydroxylation is 2. The number of imidazole rings is 1. The summed E-state index contributed by atoms with van der Waals surface area (Å²) in [5, 5.41) is 4.47. The van der Waals surface area contributed by atoms with Crippen LogP contribution < -0.4 is 5.73 Å². The molecule has 7 heteroatoms. The van der Waals surface area contributed by atoms with E-state index < -0.39 is 0 Å². The van der Waals surface area contributed by atoms with Crippen molar-refractivity contribution in [2.45, 2.75) is 19.9 Å². The van der Waals surface area contributed by atoms with Gasteiger partial charge in [-0.15, -0.1) is 11.3 Å². The Morgan fingerprint density at radius 1 is 1.42 bits per heavy atom. The molecule has 5 nitrogen and oxygen atoms in total. The fourth-order valence-electron chi connectivity index (χ4n) is 2.25. The molecule has 100 valence electrons. The number of anilines is 1. The van der Waals surface area contributed by atoms with Crippen molar-refractivity contribution in [3.05, 3.63) is 27.0 Å². The van der Waals surface area contributed by atoms with Crippen molar-refractivity contribution < 1.29 is 0 Å². The van der Waals surface area contributed by atoms with Crippen LogP contribution in [0.5, 0.6) is 0 Å². The van der Waals surface area contributed by atoms with Gasteiger partial charge >= 0.3 is 0 Å². The first-order chi connectivity index (χ1) is 9.10. The third-order valence-corrected chi connectivity index (χ3v) is 4.31. The number of aromatic nitrogens is 4. The van der Waals surface area contributed by atoms with Gasteiger partial charge in [0.05, 0.1) is 16.6 Å². The predicted molar refractivity (Wildman–Crippen MR) is 78.7 cm³/mol. The summed E-state index contributed by atoms with van der Waals surface area (Å²) in [6, 6.07) is 3.90. The maximum atomic E-state index is 6.03. The second-order valence-corrected chi connectivity index (χ2v) is 6.16. The summed E-state index contributed by atoms with van der Waals surface area (Å²) in [6.45, 7) is 2.73. The number of thiophene rings is 1. The van der Waals surface area contributed by atoms with E-state index in [-0.39, 0.29) is 0 Å². The van der Waals surface area contributed by atoms with Crippen LogP contribution in [-0.2, 0) is 20.0 Å². The Kier molecular flexibility index (Phi) is 2.99. The van der Waals surface area contributed by atoms with Crippen LogP contribution in [0, 0.1) is 0 Å². The molecular formula is C12H14ClN5S. The number of rotatable bonds is 3. The number of halogens is 1. The van der Waals surface area contributed by atoms with E-state index in [1.165, 1.54) is 0 Å². The van der Waals surface area contributed by atoms with Crippen LogP contribution >= 0.6 is 22.9 Å². The van der Waals surface area contributed by atoms with Gasteiger partial charge in [0.15, 0.2) is 5.65 Å². The molecule has 0 fully saturated rings. The lowest BCUT2D eigenvalue weighted by atomic mass is 10.3. The zero-order chi connectivity index (χ0) is 13.6. The number of hydrogen-bond donors (Lipinski definition) is 1. The minimum atomic E-state index is 0.516. The van der Waals surface area contributed by atoms with Crippen LogP contribution in [0.4, 0.5) is 5.95 Å². The molecular weight excluding hydrogens is 282 g/mol. The van der Waals surface area contributed by atoms with E-state index >= 15 is 0 Å². The number of fused-ring (bicyclic) bond motifs is 1. The van der Waals surface area contributed by atoms with Crippen LogP contribution in [0.15, 0.2) is 12.1 Å². The first-order valence-corrected chi connectivity index (χ1v) is 7.21. The normalized spacial score (nSPS) is 11.5. The SMILES string of the molecule is CCc1nn(C)c2c1nc(N)n2Cc1ccc(Cl)s1. The lowest BCUT2D eigenvalue weighted by Gasteiger charge is -2.04. The van der Waals surface area contributed by atoms with Crippen molar-refractivity contribution >= 4 is 40.0 Å². The molecule has 0 amide bonds. The van der Waals surface area contributed by atoms with Crippen LogP contribution in [0.2, 0.25) is 4.34 Å². The largest absolute Gasteiger partial charge is 0.369 e. The van der Waals surface area contributed by atoms with Crippen molar-refractivity contribution in [3.63, 3.8) is 0 Å². The standard InChI is InChI=1S/C12H14ClN5S/c1-3-8-10-11(17(2)16-8)18(12(14)15-10)6-7-4-5-9(13)19-7/h4-5H,3,6H2,1-2H3,(H2,14,15). The van der Waals surface area contributed by atoms with E-state index in [0.717, 1.165) is 32.5 Å². The fourth-order valence-corrected chi connectivity index (χ4v) is 3.32. The smallest absolute Gasteiger partial charge is 0.202 e. The Morgan fingerprint density at radius 3 is 2.84 bits per heavy atom. The van der Waals surface area contributed by atoms with E-state index in [1.807, 2.05) is 28.4 Å². The summed E-state index contributed by atoms with van der Waals surface area (Å²) in [7, 11) is 1.92. The average Bonchev–Trinajstić information content (AvgIpc) is 3.00. The van der Waals surface area contributed by atoms with Gasteiger partial charge in [0.2, 0.25) is 5.95 Å². The average molecular weight is 296 g/mol. The Balaban J connectivity index is 2.12. The van der Waals surface area contributed by atoms with Crippen molar-refractivity contribution in [1.82, 2.24) is 19.3 Å². The molecule has 2 N–H and O–H groups in total. The Hall–Kier alpha value is -1.53. The molecule has 3 rings (SSSR count). The number of nitrogen functional groups attached to an aromatic ring is 1. The Bertz CT molecular complexity index is 739. The van der Waals surface area contributed by atoms with Gasteiger partial charge in [-0.25, -0.2) is 4.98 Å². The summed E-state index contributed by atoms with van der Waals surface area (Å²) in [4.78, 5) is 5.59. The van der Waals surface area contributed by atoms with Gasteiger partial charge in [-0.1, -0.05) is 18.5 Å². The van der Waals surface area contributed by atoms with Gasteiger partial charge in [0.25, 0.3) is 0 Å². The maximum Gasteiger partial charge on any atom is 0.202 e. The van der Waals surface area contributed by atoms with Crippen molar-refractivity contribution in [3.8, 4) is 0 Å². The number of nitrogens with two attached hydrogens (primary N) is 1. The zero-order valence-electron chi connectivity index (χ0n) is 10.7. The van der Waals surface area contributed by atoms with E-state index in [0.29, 0.717) is 12.5 Å². The van der Waals surface area contributed by atoms with Gasteiger partial charge in [-0.3, -0.25) is 9.25 Å². The van der Waals surface area contributed by atoms with Crippen molar-refractivity contribution in [2.24, 2.45) is 7.05 Å². The second kappa shape index (κ2) is 4.54. The highest BCUT2D eigenvalue weighted by Crippen LogP contribution is 2.26. The monoisotopic (exact) mass is 295 g/mol. The van der Waals surface area contributed by atoms with Gasteiger partial charge < -0.3 is 5.73 Å². The summed E-state index contributed by atoms with van der Waals surface area (Å²) in [5.41, 5.74) is 8.86. The predicted octanol–water partition coefficient (Wildman–Crippen LogP) is 2.68. The zero-order valence-corrected chi connectivity index (χ0v) is 12.3. The minimum Gasteiger partial charge on any atom is -0.369 e. The molecule has 19 heavy (non-hydrogen) atoms. The van der Waals surface area contributed by atoms with Gasteiger partial charge in [0.1, 0.15) is 5.52 Å². The van der Waals surface area contributed by atoms with Gasteiger partial charge in [0, 0.05) is 11.9 Å². The van der Waals surface area contributed by atoms with Crippen LogP contribution in [0.25, 0.3) is 11.2 Å². The second-order valence-electron chi connectivity index (χ2n) is 4.36. The molecule has 0 saturated carbocycles. The molecule has 0 aromatic carbocycles. The maximum absolute atomic E-state index is 6.03. The van der Waals surface area contributed by atoms with Gasteiger partial charge in [-0.2, -0.15) is 5.10 Å². The molecule has 0 atom stereocenters. The summed E-state index contributed by atoms with van der Waals surface area (Å²) in [5.74, 6) is 0.516. The first-order valence-electron chi connectivity index (χ1n) is 6.02. The van der Waals surface area contributed by atoms with E-state index in [1.54, 1.807) is 11.3 Å². The highest BCUT2D eigenvalue weighted by Gasteiger charge is 2.17. The third-order valence-electron chi connectivity index (χ3n) is 3.10. The molecule has 0 aliphatic carbocycles. The Morgan fingerprint density at radius 2 is 2.21 bits per heavy atom. The molecule has 3 aromatic rings. The van der Waals surface area contributed by atoms with E-state index in [4.69, 9.17) is 17.3 Å². The lowest BCUT2D eigenvalue weighted by Crippen LogP contribution is -2.07.